The fourth-order valence-electron chi connectivity index (χ4n) is 1.75. The van der Waals surface area contributed by atoms with Gasteiger partial charge in [-0.25, -0.2) is 15.0 Å². The summed E-state index contributed by atoms with van der Waals surface area (Å²) in [6.07, 6.45) is 4.68. The SMILES string of the molecule is CCc1cc2c(Sc3nccn3C)nc(N)nc2s1. The number of hydrogen-bond donors (Lipinski definition) is 1. The molecule has 0 fully saturated rings. The van der Waals surface area contributed by atoms with Gasteiger partial charge < -0.3 is 10.3 Å². The van der Waals surface area contributed by atoms with Crippen LogP contribution in [0.5, 0.6) is 0 Å². The van der Waals surface area contributed by atoms with E-state index in [1.54, 1.807) is 17.5 Å². The number of imidazole rings is 1. The third kappa shape index (κ3) is 2.31. The lowest BCUT2D eigenvalue weighted by molar-refractivity contribution is 0.789. The van der Waals surface area contributed by atoms with Gasteiger partial charge in [0.15, 0.2) is 5.16 Å². The predicted octanol–water partition coefficient (Wildman–Crippen LogP) is 2.72. The fraction of sp³-hybridized carbons (Fsp3) is 0.250. The molecule has 3 heterocycles. The summed E-state index contributed by atoms with van der Waals surface area (Å²) in [4.78, 5) is 15.2. The normalized spacial score (nSPS) is 11.3. The summed E-state index contributed by atoms with van der Waals surface area (Å²) in [5, 5.41) is 2.82. The third-order valence-corrected chi connectivity index (χ3v) is 4.99. The minimum Gasteiger partial charge on any atom is -0.368 e. The number of anilines is 1. The second kappa shape index (κ2) is 4.82. The molecule has 0 unspecified atom stereocenters. The molecule has 2 N–H and O–H groups in total. The Morgan fingerprint density at radius 1 is 1.42 bits per heavy atom. The highest BCUT2D eigenvalue weighted by Crippen LogP contribution is 2.34. The zero-order valence-corrected chi connectivity index (χ0v) is 12.3. The summed E-state index contributed by atoms with van der Waals surface area (Å²) in [5.74, 6) is 0.314. The van der Waals surface area contributed by atoms with E-state index in [4.69, 9.17) is 5.73 Å². The summed E-state index contributed by atoms with van der Waals surface area (Å²) >= 11 is 3.19. The lowest BCUT2D eigenvalue weighted by atomic mass is 10.3. The molecule has 5 nitrogen and oxygen atoms in total. The molecule has 3 rings (SSSR count). The van der Waals surface area contributed by atoms with Crippen LogP contribution < -0.4 is 5.73 Å². The molecule has 0 aliphatic carbocycles. The molecule has 0 saturated carbocycles. The Morgan fingerprint density at radius 2 is 2.26 bits per heavy atom. The predicted molar refractivity (Wildman–Crippen MR) is 78.5 cm³/mol. The Labute approximate surface area is 118 Å². The number of fused-ring (bicyclic) bond motifs is 1. The van der Waals surface area contributed by atoms with Crippen LogP contribution >= 0.6 is 23.1 Å². The average molecular weight is 291 g/mol. The first-order chi connectivity index (χ1) is 9.17. The van der Waals surface area contributed by atoms with Gasteiger partial charge in [0.1, 0.15) is 9.86 Å². The van der Waals surface area contributed by atoms with Crippen molar-refractivity contribution in [2.45, 2.75) is 23.5 Å². The molecule has 0 amide bonds. The van der Waals surface area contributed by atoms with Gasteiger partial charge in [-0.3, -0.25) is 0 Å². The van der Waals surface area contributed by atoms with Crippen molar-refractivity contribution < 1.29 is 0 Å². The topological polar surface area (TPSA) is 69.6 Å². The molecule has 7 heteroatoms. The third-order valence-electron chi connectivity index (χ3n) is 2.74. The van der Waals surface area contributed by atoms with E-state index in [0.29, 0.717) is 5.95 Å². The van der Waals surface area contributed by atoms with Gasteiger partial charge in [0.25, 0.3) is 0 Å². The molecule has 0 radical (unpaired) electrons. The van der Waals surface area contributed by atoms with Gasteiger partial charge in [-0.2, -0.15) is 0 Å². The largest absolute Gasteiger partial charge is 0.368 e. The van der Waals surface area contributed by atoms with Gasteiger partial charge in [0, 0.05) is 29.7 Å². The molecule has 98 valence electrons. The summed E-state index contributed by atoms with van der Waals surface area (Å²) in [6.45, 7) is 2.13. The molecule has 0 spiro atoms. The number of nitrogens with zero attached hydrogens (tertiary/aromatic N) is 4. The van der Waals surface area contributed by atoms with Crippen molar-refractivity contribution in [1.82, 2.24) is 19.5 Å². The Morgan fingerprint density at radius 3 is 2.95 bits per heavy atom. The number of nitrogen functional groups attached to an aromatic ring is 1. The number of hydrogen-bond acceptors (Lipinski definition) is 6. The Bertz CT molecular complexity index is 731. The van der Waals surface area contributed by atoms with Crippen molar-refractivity contribution in [1.29, 1.82) is 0 Å². The second-order valence-corrected chi connectivity index (χ2v) is 6.17. The van der Waals surface area contributed by atoms with E-state index in [2.05, 4.69) is 27.9 Å². The molecule has 0 bridgehead atoms. The van der Waals surface area contributed by atoms with Crippen LogP contribution in [0.15, 0.2) is 28.6 Å². The monoisotopic (exact) mass is 291 g/mol. The molecule has 0 aromatic carbocycles. The Kier molecular flexibility index (Phi) is 3.16. The van der Waals surface area contributed by atoms with E-state index in [0.717, 1.165) is 26.8 Å². The second-order valence-electron chi connectivity index (χ2n) is 4.09. The van der Waals surface area contributed by atoms with Crippen LogP contribution in [0.3, 0.4) is 0 Å². The van der Waals surface area contributed by atoms with Crippen molar-refractivity contribution in [2.75, 3.05) is 5.73 Å². The zero-order valence-electron chi connectivity index (χ0n) is 10.6. The van der Waals surface area contributed by atoms with Gasteiger partial charge >= 0.3 is 0 Å². The van der Waals surface area contributed by atoms with E-state index in [-0.39, 0.29) is 0 Å². The van der Waals surface area contributed by atoms with Gasteiger partial charge in [0.05, 0.1) is 0 Å². The highest BCUT2D eigenvalue weighted by molar-refractivity contribution is 7.99. The standard InChI is InChI=1S/C12H13N5S2/c1-3-7-6-8-9(18-7)15-11(13)16-10(8)19-12-14-4-5-17(12)2/h4-6H,3H2,1-2H3,(H2,13,15,16). The first-order valence-corrected chi connectivity index (χ1v) is 7.51. The van der Waals surface area contributed by atoms with Crippen LogP contribution in [-0.2, 0) is 13.5 Å². The van der Waals surface area contributed by atoms with Crippen LogP contribution in [0, 0.1) is 0 Å². The van der Waals surface area contributed by atoms with Crippen molar-refractivity contribution in [3.63, 3.8) is 0 Å². The van der Waals surface area contributed by atoms with Crippen molar-refractivity contribution >= 4 is 39.3 Å². The number of nitrogens with two attached hydrogens (primary N) is 1. The highest BCUT2D eigenvalue weighted by Gasteiger charge is 2.13. The van der Waals surface area contributed by atoms with Crippen LogP contribution in [0.1, 0.15) is 11.8 Å². The summed E-state index contributed by atoms with van der Waals surface area (Å²) in [5.41, 5.74) is 5.79. The Balaban J connectivity index is 2.11. The molecule has 19 heavy (non-hydrogen) atoms. The molecule has 0 aliphatic heterocycles. The van der Waals surface area contributed by atoms with E-state index in [9.17, 15) is 0 Å². The maximum absolute atomic E-state index is 5.79. The first-order valence-electron chi connectivity index (χ1n) is 5.88. The van der Waals surface area contributed by atoms with Crippen molar-refractivity contribution in [2.24, 2.45) is 7.05 Å². The maximum Gasteiger partial charge on any atom is 0.222 e. The van der Waals surface area contributed by atoms with E-state index in [1.807, 2.05) is 17.8 Å². The van der Waals surface area contributed by atoms with Gasteiger partial charge in [0.2, 0.25) is 5.95 Å². The summed E-state index contributed by atoms with van der Waals surface area (Å²) in [7, 11) is 1.96. The number of aryl methyl sites for hydroxylation is 2. The van der Waals surface area contributed by atoms with Crippen molar-refractivity contribution in [3.05, 3.63) is 23.3 Å². The first kappa shape index (κ1) is 12.4. The molecule has 0 saturated heterocycles. The van der Waals surface area contributed by atoms with Crippen molar-refractivity contribution in [3.8, 4) is 0 Å². The quantitative estimate of drug-likeness (QED) is 0.751. The summed E-state index contributed by atoms with van der Waals surface area (Å²) in [6, 6.07) is 2.14. The lowest BCUT2D eigenvalue weighted by Gasteiger charge is -2.03. The van der Waals surface area contributed by atoms with E-state index >= 15 is 0 Å². The van der Waals surface area contributed by atoms with Crippen LogP contribution in [0.4, 0.5) is 5.95 Å². The van der Waals surface area contributed by atoms with Gasteiger partial charge in [-0.15, -0.1) is 11.3 Å². The molecule has 0 aliphatic rings. The zero-order chi connectivity index (χ0) is 13.4. The van der Waals surface area contributed by atoms with Crippen LogP contribution in [0.2, 0.25) is 0 Å². The molecule has 3 aromatic rings. The molecular formula is C12H13N5S2. The van der Waals surface area contributed by atoms with Gasteiger partial charge in [-0.1, -0.05) is 6.92 Å². The number of thiophene rings is 1. The van der Waals surface area contributed by atoms with E-state index in [1.165, 1.54) is 16.6 Å². The average Bonchev–Trinajstić information content (AvgIpc) is 2.96. The van der Waals surface area contributed by atoms with E-state index < -0.39 is 0 Å². The van der Waals surface area contributed by atoms with Gasteiger partial charge in [-0.05, 0) is 24.2 Å². The number of rotatable bonds is 3. The maximum atomic E-state index is 5.79. The molecule has 3 aromatic heterocycles. The minimum atomic E-state index is 0.314. The van der Waals surface area contributed by atoms with Crippen LogP contribution in [-0.4, -0.2) is 19.5 Å². The lowest BCUT2D eigenvalue weighted by Crippen LogP contribution is -1.96. The fourth-order valence-corrected chi connectivity index (χ4v) is 3.68. The smallest absolute Gasteiger partial charge is 0.222 e. The molecular weight excluding hydrogens is 278 g/mol. The Hall–Kier alpha value is -1.60. The van der Waals surface area contributed by atoms with Crippen LogP contribution in [0.25, 0.3) is 10.2 Å². The highest BCUT2D eigenvalue weighted by atomic mass is 32.2. The minimum absolute atomic E-state index is 0.314. The molecule has 0 atom stereocenters. The number of aromatic nitrogens is 4. The summed E-state index contributed by atoms with van der Waals surface area (Å²) < 4.78 is 1.96.